The number of hydrogen-bond donors (Lipinski definition) is 2. The Labute approximate surface area is 197 Å². The maximum atomic E-state index is 12.5. The van der Waals surface area contributed by atoms with E-state index >= 15 is 0 Å². The van der Waals surface area contributed by atoms with Crippen molar-refractivity contribution in [1.82, 2.24) is 0 Å². The van der Waals surface area contributed by atoms with Crippen LogP contribution in [0.15, 0.2) is 76.1 Å². The summed E-state index contributed by atoms with van der Waals surface area (Å²) < 4.78 is 0.946. The number of amides is 2. The highest BCUT2D eigenvalue weighted by atomic mass is 79.9. The number of carbonyl (C=O) groups is 2. The molecule has 2 amide bonds. The highest BCUT2D eigenvalue weighted by molar-refractivity contribution is 9.10. The molecule has 4 nitrogen and oxygen atoms in total. The molecule has 1 unspecified atom stereocenters. The largest absolute Gasteiger partial charge is 0.325 e. The van der Waals surface area contributed by atoms with E-state index in [2.05, 4.69) is 26.6 Å². The average molecular weight is 524 g/mol. The summed E-state index contributed by atoms with van der Waals surface area (Å²) in [6.07, 6.45) is 0. The van der Waals surface area contributed by atoms with Crippen LogP contribution >= 0.6 is 50.9 Å². The normalized spacial score (nSPS) is 11.6. The summed E-state index contributed by atoms with van der Waals surface area (Å²) in [6.45, 7) is 1.83. The lowest BCUT2D eigenvalue weighted by Crippen LogP contribution is -2.22. The lowest BCUT2D eigenvalue weighted by atomic mass is 10.2. The number of hydrogen-bond acceptors (Lipinski definition) is 3. The van der Waals surface area contributed by atoms with Crippen molar-refractivity contribution in [2.45, 2.75) is 17.1 Å². The van der Waals surface area contributed by atoms with E-state index in [4.69, 9.17) is 23.2 Å². The molecular formula is C22H17BrCl2N2O2S. The number of nitrogens with one attached hydrogen (secondary N) is 2. The molecule has 3 aromatic carbocycles. The van der Waals surface area contributed by atoms with Crippen LogP contribution in [0.4, 0.5) is 11.4 Å². The van der Waals surface area contributed by atoms with E-state index in [1.54, 1.807) is 18.2 Å². The Morgan fingerprint density at radius 3 is 2.37 bits per heavy atom. The molecule has 0 fully saturated rings. The van der Waals surface area contributed by atoms with E-state index in [1.165, 1.54) is 17.8 Å². The Morgan fingerprint density at radius 2 is 1.67 bits per heavy atom. The van der Waals surface area contributed by atoms with Crippen LogP contribution in [0.5, 0.6) is 0 Å². The molecule has 30 heavy (non-hydrogen) atoms. The standard InChI is InChI=1S/C22H17BrCl2N2O2S/c1-13(21(28)26-16-8-5-14(23)6-9-16)30-18-4-2-3-17(12-18)27-22(29)19-10-7-15(24)11-20(19)25/h2-13H,1H3,(H,26,28)(H,27,29). The highest BCUT2D eigenvalue weighted by Gasteiger charge is 2.16. The van der Waals surface area contributed by atoms with Crippen molar-refractivity contribution in [3.63, 3.8) is 0 Å². The van der Waals surface area contributed by atoms with Gasteiger partial charge in [-0.25, -0.2) is 0 Å². The first-order valence-electron chi connectivity index (χ1n) is 8.91. The van der Waals surface area contributed by atoms with Crippen molar-refractivity contribution in [3.05, 3.63) is 86.8 Å². The molecule has 3 rings (SSSR count). The molecule has 0 radical (unpaired) electrons. The quantitative estimate of drug-likeness (QED) is 0.338. The van der Waals surface area contributed by atoms with Crippen LogP contribution in [-0.4, -0.2) is 17.1 Å². The van der Waals surface area contributed by atoms with Gasteiger partial charge in [-0.05, 0) is 67.6 Å². The van der Waals surface area contributed by atoms with Gasteiger partial charge in [0.1, 0.15) is 0 Å². The van der Waals surface area contributed by atoms with Crippen LogP contribution in [0, 0.1) is 0 Å². The molecular weight excluding hydrogens is 507 g/mol. The van der Waals surface area contributed by atoms with Crippen molar-refractivity contribution in [2.24, 2.45) is 0 Å². The molecule has 0 aliphatic heterocycles. The molecule has 0 saturated carbocycles. The minimum Gasteiger partial charge on any atom is -0.325 e. The Kier molecular flexibility index (Phi) is 7.83. The molecule has 0 heterocycles. The molecule has 8 heteroatoms. The number of rotatable bonds is 6. The van der Waals surface area contributed by atoms with Crippen LogP contribution in [0.3, 0.4) is 0 Å². The number of carbonyl (C=O) groups excluding carboxylic acids is 2. The molecule has 0 saturated heterocycles. The number of benzene rings is 3. The van der Waals surface area contributed by atoms with Crippen molar-refractivity contribution in [1.29, 1.82) is 0 Å². The fourth-order valence-corrected chi connectivity index (χ4v) is 4.24. The number of thioether (sulfide) groups is 1. The lowest BCUT2D eigenvalue weighted by molar-refractivity contribution is -0.115. The van der Waals surface area contributed by atoms with Crippen LogP contribution in [0.1, 0.15) is 17.3 Å². The SMILES string of the molecule is CC(Sc1cccc(NC(=O)c2ccc(Cl)cc2Cl)c1)C(=O)Nc1ccc(Br)cc1. The van der Waals surface area contributed by atoms with Crippen LogP contribution < -0.4 is 10.6 Å². The second-order valence-electron chi connectivity index (χ2n) is 6.36. The highest BCUT2D eigenvalue weighted by Crippen LogP contribution is 2.28. The summed E-state index contributed by atoms with van der Waals surface area (Å²) in [5, 5.41) is 6.13. The number of anilines is 2. The van der Waals surface area contributed by atoms with Crippen molar-refractivity contribution >= 4 is 74.1 Å². The molecule has 2 N–H and O–H groups in total. The fourth-order valence-electron chi connectivity index (χ4n) is 2.55. The predicted molar refractivity (Wildman–Crippen MR) is 129 cm³/mol. The molecule has 1 atom stereocenters. The van der Waals surface area contributed by atoms with E-state index in [9.17, 15) is 9.59 Å². The van der Waals surface area contributed by atoms with Crippen LogP contribution in [-0.2, 0) is 4.79 Å². The van der Waals surface area contributed by atoms with E-state index in [0.29, 0.717) is 16.3 Å². The second kappa shape index (κ2) is 10.4. The molecule has 0 spiro atoms. The van der Waals surface area contributed by atoms with Gasteiger partial charge in [-0.3, -0.25) is 9.59 Å². The van der Waals surface area contributed by atoms with Gasteiger partial charge in [0.2, 0.25) is 5.91 Å². The summed E-state index contributed by atoms with van der Waals surface area (Å²) in [4.78, 5) is 25.8. The third kappa shape index (κ3) is 6.25. The van der Waals surface area contributed by atoms with Gasteiger partial charge in [0.15, 0.2) is 0 Å². The molecule has 154 valence electrons. The van der Waals surface area contributed by atoms with Gasteiger partial charge in [0.25, 0.3) is 5.91 Å². The zero-order chi connectivity index (χ0) is 21.7. The Morgan fingerprint density at radius 1 is 0.933 bits per heavy atom. The molecule has 0 bridgehead atoms. The second-order valence-corrected chi connectivity index (χ2v) is 9.54. The third-order valence-electron chi connectivity index (χ3n) is 4.06. The Hall–Kier alpha value is -1.99. The zero-order valence-corrected chi connectivity index (χ0v) is 19.7. The first-order chi connectivity index (χ1) is 14.3. The van der Waals surface area contributed by atoms with Crippen LogP contribution in [0.25, 0.3) is 0 Å². The molecule has 0 aliphatic rings. The van der Waals surface area contributed by atoms with Gasteiger partial charge in [-0.15, -0.1) is 11.8 Å². The van der Waals surface area contributed by atoms with Gasteiger partial charge in [0, 0.05) is 25.8 Å². The Bertz CT molecular complexity index is 1080. The predicted octanol–water partition coefficient (Wildman–Crippen LogP) is 7.13. The monoisotopic (exact) mass is 522 g/mol. The van der Waals surface area contributed by atoms with Gasteiger partial charge in [-0.2, -0.15) is 0 Å². The first-order valence-corrected chi connectivity index (χ1v) is 11.3. The summed E-state index contributed by atoms with van der Waals surface area (Å²) in [7, 11) is 0. The van der Waals surface area contributed by atoms with E-state index < -0.39 is 0 Å². The minimum atomic E-state index is -0.333. The maximum absolute atomic E-state index is 12.5. The van der Waals surface area contributed by atoms with Gasteiger partial charge < -0.3 is 10.6 Å². The van der Waals surface area contributed by atoms with E-state index in [1.807, 2.05) is 49.4 Å². The molecule has 3 aromatic rings. The Balaban J connectivity index is 1.63. The van der Waals surface area contributed by atoms with Crippen molar-refractivity contribution < 1.29 is 9.59 Å². The fraction of sp³-hybridized carbons (Fsp3) is 0.0909. The van der Waals surface area contributed by atoms with Crippen molar-refractivity contribution in [3.8, 4) is 0 Å². The summed E-state index contributed by atoms with van der Waals surface area (Å²) in [6, 6.07) is 19.4. The van der Waals surface area contributed by atoms with E-state index in [0.717, 1.165) is 15.1 Å². The smallest absolute Gasteiger partial charge is 0.257 e. The van der Waals surface area contributed by atoms with Crippen LogP contribution in [0.2, 0.25) is 10.0 Å². The van der Waals surface area contributed by atoms with Crippen molar-refractivity contribution in [2.75, 3.05) is 10.6 Å². The molecule has 0 aromatic heterocycles. The average Bonchev–Trinajstić information content (AvgIpc) is 2.69. The lowest BCUT2D eigenvalue weighted by Gasteiger charge is -2.13. The minimum absolute atomic E-state index is 0.107. The summed E-state index contributed by atoms with van der Waals surface area (Å²) in [5.41, 5.74) is 1.68. The zero-order valence-electron chi connectivity index (χ0n) is 15.8. The summed E-state index contributed by atoms with van der Waals surface area (Å²) >= 11 is 16.8. The van der Waals surface area contributed by atoms with E-state index in [-0.39, 0.29) is 22.1 Å². The molecule has 0 aliphatic carbocycles. The third-order valence-corrected chi connectivity index (χ3v) is 6.23. The van der Waals surface area contributed by atoms with Gasteiger partial charge in [-0.1, -0.05) is 45.2 Å². The topological polar surface area (TPSA) is 58.2 Å². The van der Waals surface area contributed by atoms with Gasteiger partial charge in [0.05, 0.1) is 15.8 Å². The van der Waals surface area contributed by atoms with Gasteiger partial charge >= 0.3 is 0 Å². The summed E-state index contributed by atoms with van der Waals surface area (Å²) in [5.74, 6) is -0.440. The maximum Gasteiger partial charge on any atom is 0.257 e. The first kappa shape index (κ1) is 22.7. The number of halogens is 3.